The van der Waals surface area contributed by atoms with Crippen LogP contribution < -0.4 is 0 Å². The normalized spacial score (nSPS) is 11.1. The highest BCUT2D eigenvalue weighted by atomic mass is 15.3. The Bertz CT molecular complexity index is 625. The monoisotopic (exact) mass is 228 g/mol. The first-order valence-corrected chi connectivity index (χ1v) is 5.51. The van der Waals surface area contributed by atoms with Gasteiger partial charge in [0.15, 0.2) is 5.65 Å². The lowest BCUT2D eigenvalue weighted by Gasteiger charge is -2.07. The van der Waals surface area contributed by atoms with Gasteiger partial charge in [-0.15, -0.1) is 10.2 Å². The van der Waals surface area contributed by atoms with Crippen LogP contribution in [0, 0.1) is 0 Å². The Labute approximate surface area is 97.9 Å². The van der Waals surface area contributed by atoms with Crippen molar-refractivity contribution < 1.29 is 0 Å². The molecule has 0 unspecified atom stereocenters. The highest BCUT2D eigenvalue weighted by Gasteiger charge is 2.07. The summed E-state index contributed by atoms with van der Waals surface area (Å²) in [4.78, 5) is 4.03. The number of aryl methyl sites for hydroxylation is 1. The average molecular weight is 228 g/mol. The van der Waals surface area contributed by atoms with Gasteiger partial charge < -0.3 is 4.57 Å². The molecule has 0 aliphatic heterocycles. The van der Waals surface area contributed by atoms with Gasteiger partial charge in [-0.05, 0) is 18.1 Å². The van der Waals surface area contributed by atoms with E-state index in [-0.39, 0.29) is 0 Å². The van der Waals surface area contributed by atoms with Crippen molar-refractivity contribution in [2.24, 2.45) is 0 Å². The zero-order chi connectivity index (χ0) is 11.7. The lowest BCUT2D eigenvalue weighted by atomic mass is 10.1. The van der Waals surface area contributed by atoms with E-state index in [0.29, 0.717) is 0 Å². The third kappa shape index (κ3) is 1.77. The van der Waals surface area contributed by atoms with Gasteiger partial charge in [-0.2, -0.15) is 5.10 Å². The molecule has 0 saturated heterocycles. The quantitative estimate of drug-likeness (QED) is 0.669. The first-order valence-electron chi connectivity index (χ1n) is 5.51. The van der Waals surface area contributed by atoms with Crippen molar-refractivity contribution in [2.75, 3.05) is 0 Å². The largest absolute Gasteiger partial charge is 0.331 e. The fraction of sp³-hybridized carbons (Fsp3) is 0.273. The minimum atomic E-state index is 0.720. The summed E-state index contributed by atoms with van der Waals surface area (Å²) in [7, 11) is 0. The van der Waals surface area contributed by atoms with Crippen LogP contribution in [0.2, 0.25) is 0 Å². The lowest BCUT2D eigenvalue weighted by Crippen LogP contribution is -2.07. The third-order valence-electron chi connectivity index (χ3n) is 2.73. The Kier molecular flexibility index (Phi) is 2.32. The van der Waals surface area contributed by atoms with E-state index in [4.69, 9.17) is 0 Å². The van der Waals surface area contributed by atoms with E-state index in [0.717, 1.165) is 24.3 Å². The van der Waals surface area contributed by atoms with E-state index < -0.39 is 0 Å². The van der Waals surface area contributed by atoms with Crippen molar-refractivity contribution in [3.8, 4) is 0 Å². The molecule has 6 nitrogen and oxygen atoms in total. The van der Waals surface area contributed by atoms with Crippen molar-refractivity contribution >= 4 is 5.65 Å². The molecule has 3 heterocycles. The van der Waals surface area contributed by atoms with E-state index in [1.165, 1.54) is 5.56 Å². The van der Waals surface area contributed by atoms with Gasteiger partial charge in [-0.1, -0.05) is 6.92 Å². The summed E-state index contributed by atoms with van der Waals surface area (Å²) in [5.74, 6) is 0. The topological polar surface area (TPSA) is 60.9 Å². The van der Waals surface area contributed by atoms with E-state index >= 15 is 0 Å². The molecule has 0 N–H and O–H groups in total. The number of rotatable bonds is 3. The van der Waals surface area contributed by atoms with E-state index in [9.17, 15) is 0 Å². The number of nitrogens with zero attached hydrogens (tertiary/aromatic N) is 6. The predicted octanol–water partition coefficient (Wildman–Crippen LogP) is 0.931. The highest BCUT2D eigenvalue weighted by molar-refractivity contribution is 5.40. The van der Waals surface area contributed by atoms with Crippen LogP contribution in [0.15, 0.2) is 31.1 Å². The number of hydrogen-bond donors (Lipinski definition) is 0. The molecule has 0 aliphatic carbocycles. The van der Waals surface area contributed by atoms with Gasteiger partial charge >= 0.3 is 0 Å². The van der Waals surface area contributed by atoms with Crippen LogP contribution >= 0.6 is 0 Å². The Morgan fingerprint density at radius 2 is 2.24 bits per heavy atom. The van der Waals surface area contributed by atoms with Gasteiger partial charge in [0.1, 0.15) is 6.33 Å². The van der Waals surface area contributed by atoms with Crippen LogP contribution in [0.5, 0.6) is 0 Å². The zero-order valence-corrected chi connectivity index (χ0v) is 9.48. The van der Waals surface area contributed by atoms with Crippen LogP contribution in [0.25, 0.3) is 5.65 Å². The SMILES string of the molecule is CCc1cc2nncn2nc1Cn1ccnc1. The highest BCUT2D eigenvalue weighted by Crippen LogP contribution is 2.11. The number of fused-ring (bicyclic) bond motifs is 1. The third-order valence-corrected chi connectivity index (χ3v) is 2.73. The predicted molar refractivity (Wildman–Crippen MR) is 61.5 cm³/mol. The molecule has 3 aromatic rings. The molecule has 0 fully saturated rings. The molecule has 3 rings (SSSR count). The molecule has 0 aliphatic rings. The standard InChI is InChI=1S/C11H12N6/c1-2-9-5-11-14-13-8-17(11)15-10(9)6-16-4-3-12-7-16/h3-5,7-8H,2,6H2,1H3. The van der Waals surface area contributed by atoms with Crippen molar-refractivity contribution in [1.29, 1.82) is 0 Å². The second-order valence-electron chi connectivity index (χ2n) is 3.84. The summed E-state index contributed by atoms with van der Waals surface area (Å²) in [6, 6.07) is 2.03. The van der Waals surface area contributed by atoms with Crippen molar-refractivity contribution in [3.05, 3.63) is 42.4 Å². The molecule has 3 aromatic heterocycles. The van der Waals surface area contributed by atoms with Crippen LogP contribution in [-0.2, 0) is 13.0 Å². The van der Waals surface area contributed by atoms with Crippen molar-refractivity contribution in [1.82, 2.24) is 29.4 Å². The maximum atomic E-state index is 4.52. The Balaban J connectivity index is 2.06. The summed E-state index contributed by atoms with van der Waals surface area (Å²) in [6.07, 6.45) is 8.03. The molecule has 0 saturated carbocycles. The van der Waals surface area contributed by atoms with E-state index in [2.05, 4.69) is 27.2 Å². The molecule has 0 aromatic carbocycles. The van der Waals surface area contributed by atoms with Gasteiger partial charge in [0.2, 0.25) is 0 Å². The second-order valence-corrected chi connectivity index (χ2v) is 3.84. The first kappa shape index (κ1) is 9.95. The molecular weight excluding hydrogens is 216 g/mol. The van der Waals surface area contributed by atoms with Crippen LogP contribution in [0.1, 0.15) is 18.2 Å². The van der Waals surface area contributed by atoms with E-state index in [1.807, 2.05) is 16.8 Å². The van der Waals surface area contributed by atoms with E-state index in [1.54, 1.807) is 23.4 Å². The summed E-state index contributed by atoms with van der Waals surface area (Å²) < 4.78 is 3.70. The molecule has 0 spiro atoms. The average Bonchev–Trinajstić information content (AvgIpc) is 2.98. The summed E-state index contributed by atoms with van der Waals surface area (Å²) in [5.41, 5.74) is 3.01. The van der Waals surface area contributed by atoms with Crippen LogP contribution in [0.4, 0.5) is 0 Å². The van der Waals surface area contributed by atoms with Crippen LogP contribution in [0.3, 0.4) is 0 Å². The summed E-state index contributed by atoms with van der Waals surface area (Å²) in [5, 5.41) is 12.4. The number of hydrogen-bond acceptors (Lipinski definition) is 4. The fourth-order valence-electron chi connectivity index (χ4n) is 1.84. The van der Waals surface area contributed by atoms with Gasteiger partial charge in [0, 0.05) is 12.4 Å². The molecule has 86 valence electrons. The molecule has 0 amide bonds. The first-order chi connectivity index (χ1) is 8.36. The lowest BCUT2D eigenvalue weighted by molar-refractivity contribution is 0.724. The number of aromatic nitrogens is 6. The summed E-state index contributed by atoms with van der Waals surface area (Å²) in [6.45, 7) is 2.83. The van der Waals surface area contributed by atoms with Gasteiger partial charge in [0.25, 0.3) is 0 Å². The van der Waals surface area contributed by atoms with Gasteiger partial charge in [-0.3, -0.25) is 0 Å². The molecular formula is C11H12N6. The minimum absolute atomic E-state index is 0.720. The molecule has 0 atom stereocenters. The molecule has 6 heteroatoms. The maximum absolute atomic E-state index is 4.52. The van der Waals surface area contributed by atoms with Gasteiger partial charge in [-0.25, -0.2) is 9.50 Å². The molecule has 0 bridgehead atoms. The zero-order valence-electron chi connectivity index (χ0n) is 9.48. The second kappa shape index (κ2) is 3.97. The summed E-state index contributed by atoms with van der Waals surface area (Å²) >= 11 is 0. The molecule has 0 radical (unpaired) electrons. The molecule has 17 heavy (non-hydrogen) atoms. The van der Waals surface area contributed by atoms with Crippen molar-refractivity contribution in [2.45, 2.75) is 19.9 Å². The van der Waals surface area contributed by atoms with Crippen molar-refractivity contribution in [3.63, 3.8) is 0 Å². The Hall–Kier alpha value is -2.24. The van der Waals surface area contributed by atoms with Gasteiger partial charge in [0.05, 0.1) is 18.6 Å². The Morgan fingerprint density at radius 1 is 1.29 bits per heavy atom. The number of imidazole rings is 1. The minimum Gasteiger partial charge on any atom is -0.331 e. The smallest absolute Gasteiger partial charge is 0.177 e. The maximum Gasteiger partial charge on any atom is 0.177 e. The van der Waals surface area contributed by atoms with Crippen LogP contribution in [-0.4, -0.2) is 29.4 Å². The Morgan fingerprint density at radius 3 is 3.00 bits per heavy atom. The fourth-order valence-corrected chi connectivity index (χ4v) is 1.84.